The molecule has 1 N–H and O–H groups in total. The van der Waals surface area contributed by atoms with Crippen molar-refractivity contribution in [2.45, 2.75) is 45.1 Å². The number of fused-ring (bicyclic) bond motifs is 1. The normalized spacial score (nSPS) is 19.6. The van der Waals surface area contributed by atoms with Crippen LogP contribution in [0.25, 0.3) is 6.08 Å². The average Bonchev–Trinajstić information content (AvgIpc) is 2.84. The predicted octanol–water partition coefficient (Wildman–Crippen LogP) is 4.36. The van der Waals surface area contributed by atoms with Crippen molar-refractivity contribution >= 4 is 23.6 Å². The third kappa shape index (κ3) is 5.83. The van der Waals surface area contributed by atoms with Crippen LogP contribution in [-0.4, -0.2) is 48.9 Å². The Morgan fingerprint density at radius 3 is 2.88 bits per heavy atom. The van der Waals surface area contributed by atoms with Gasteiger partial charge in [0.1, 0.15) is 12.4 Å². The Kier molecular flexibility index (Phi) is 7.95. The second kappa shape index (κ2) is 11.3. The van der Waals surface area contributed by atoms with Crippen molar-refractivity contribution in [3.63, 3.8) is 0 Å². The van der Waals surface area contributed by atoms with Crippen LogP contribution in [0.3, 0.4) is 0 Å². The fourth-order valence-electron chi connectivity index (χ4n) is 4.69. The Bertz CT molecular complexity index is 1050. The molecule has 180 valence electrons. The third-order valence-corrected chi connectivity index (χ3v) is 6.44. The van der Waals surface area contributed by atoms with Crippen LogP contribution in [0.1, 0.15) is 44.6 Å². The monoisotopic (exact) mass is 465 g/mol. The highest BCUT2D eigenvalue weighted by Gasteiger charge is 2.31. The lowest BCUT2D eigenvalue weighted by atomic mass is 10.00. The molecule has 0 saturated carbocycles. The highest BCUT2D eigenvalue weighted by molar-refractivity contribution is 6.12. The summed E-state index contributed by atoms with van der Waals surface area (Å²) in [5.74, 6) is -0.525. The number of carbonyl (C=O) groups is 2. The van der Waals surface area contributed by atoms with Crippen LogP contribution in [0.4, 0.5) is 10.1 Å². The van der Waals surface area contributed by atoms with E-state index in [9.17, 15) is 14.0 Å². The van der Waals surface area contributed by atoms with E-state index in [1.165, 1.54) is 42.4 Å². The van der Waals surface area contributed by atoms with Gasteiger partial charge in [0.25, 0.3) is 5.91 Å². The van der Waals surface area contributed by atoms with Crippen LogP contribution < -0.4 is 15.0 Å². The first kappa shape index (κ1) is 24.0. The molecule has 0 spiro atoms. The molecule has 1 atom stereocenters. The number of hydrogen-bond acceptors (Lipinski definition) is 4. The number of piperidine rings is 1. The molecule has 2 amide bonds. The molecule has 0 bridgehead atoms. The molecule has 0 radical (unpaired) electrons. The van der Waals surface area contributed by atoms with Gasteiger partial charge in [-0.3, -0.25) is 14.5 Å². The maximum Gasteiger partial charge on any atom is 0.294 e. The molecular weight excluding hydrogens is 433 g/mol. The van der Waals surface area contributed by atoms with E-state index in [1.54, 1.807) is 36.4 Å². The van der Waals surface area contributed by atoms with Gasteiger partial charge in [-0.05, 0) is 68.1 Å². The molecule has 0 aliphatic carbocycles. The molecule has 2 aliphatic heterocycles. The fraction of sp³-hybridized carbons (Fsp3) is 0.407. The lowest BCUT2D eigenvalue weighted by Gasteiger charge is -2.35. The van der Waals surface area contributed by atoms with Crippen molar-refractivity contribution in [1.82, 2.24) is 10.2 Å². The first-order chi connectivity index (χ1) is 16.5. The maximum atomic E-state index is 13.6. The number of rotatable bonds is 8. The Balaban J connectivity index is 1.38. The van der Waals surface area contributed by atoms with Gasteiger partial charge < -0.3 is 15.0 Å². The van der Waals surface area contributed by atoms with E-state index >= 15 is 0 Å². The Labute approximate surface area is 200 Å². The standard InChI is InChI=1S/C27H32FN3O3/c1-2-22-11-5-6-15-30(22)16-8-14-29-26(32)19-31-23-12-3-4-13-24(23)34-25(27(31)33)18-20-9-7-10-21(28)17-20/h3-4,7,9-10,12-13,17-18,22H,2,5-6,8,11,14-16,19H2,1H3,(H,29,32)/b25-18+/t22-/m0/s1. The molecule has 2 aliphatic rings. The molecule has 34 heavy (non-hydrogen) atoms. The van der Waals surface area contributed by atoms with Gasteiger partial charge in [-0.25, -0.2) is 4.39 Å². The van der Waals surface area contributed by atoms with Gasteiger partial charge in [0.2, 0.25) is 5.91 Å². The molecule has 2 heterocycles. The molecule has 2 aromatic carbocycles. The van der Waals surface area contributed by atoms with Crippen molar-refractivity contribution in [3.05, 3.63) is 65.7 Å². The lowest BCUT2D eigenvalue weighted by molar-refractivity contribution is -0.123. The van der Waals surface area contributed by atoms with Gasteiger partial charge in [-0.2, -0.15) is 0 Å². The highest BCUT2D eigenvalue weighted by atomic mass is 19.1. The molecule has 2 aromatic rings. The van der Waals surface area contributed by atoms with Crippen molar-refractivity contribution in [2.75, 3.05) is 31.1 Å². The predicted molar refractivity (Wildman–Crippen MR) is 131 cm³/mol. The summed E-state index contributed by atoms with van der Waals surface area (Å²) in [4.78, 5) is 29.8. The lowest BCUT2D eigenvalue weighted by Crippen LogP contribution is -2.45. The molecule has 4 rings (SSSR count). The summed E-state index contributed by atoms with van der Waals surface area (Å²) >= 11 is 0. The van der Waals surface area contributed by atoms with E-state index in [-0.39, 0.29) is 18.2 Å². The summed E-state index contributed by atoms with van der Waals surface area (Å²) in [7, 11) is 0. The van der Waals surface area contributed by atoms with Crippen LogP contribution in [0.2, 0.25) is 0 Å². The van der Waals surface area contributed by atoms with E-state index < -0.39 is 11.7 Å². The Morgan fingerprint density at radius 2 is 2.06 bits per heavy atom. The molecule has 7 heteroatoms. The molecule has 1 fully saturated rings. The number of nitrogens with zero attached hydrogens (tertiary/aromatic N) is 2. The Morgan fingerprint density at radius 1 is 1.21 bits per heavy atom. The van der Waals surface area contributed by atoms with Crippen LogP contribution in [0, 0.1) is 5.82 Å². The third-order valence-electron chi connectivity index (χ3n) is 6.44. The summed E-state index contributed by atoms with van der Waals surface area (Å²) < 4.78 is 19.4. The first-order valence-corrected chi connectivity index (χ1v) is 12.1. The second-order valence-corrected chi connectivity index (χ2v) is 8.82. The summed E-state index contributed by atoms with van der Waals surface area (Å²) in [6.45, 7) is 4.79. The summed E-state index contributed by atoms with van der Waals surface area (Å²) in [6, 6.07) is 13.7. The molecule has 1 saturated heterocycles. The van der Waals surface area contributed by atoms with Gasteiger partial charge in [0.05, 0.1) is 5.69 Å². The zero-order valence-corrected chi connectivity index (χ0v) is 19.6. The number of nitrogens with one attached hydrogen (secondary N) is 1. The van der Waals surface area contributed by atoms with E-state index in [1.807, 2.05) is 0 Å². The smallest absolute Gasteiger partial charge is 0.294 e. The maximum absolute atomic E-state index is 13.6. The van der Waals surface area contributed by atoms with Gasteiger partial charge >= 0.3 is 0 Å². The van der Waals surface area contributed by atoms with E-state index in [0.29, 0.717) is 29.6 Å². The van der Waals surface area contributed by atoms with Gasteiger partial charge in [-0.15, -0.1) is 0 Å². The minimum absolute atomic E-state index is 0.0489. The van der Waals surface area contributed by atoms with Crippen molar-refractivity contribution < 1.29 is 18.7 Å². The molecule has 6 nitrogen and oxygen atoms in total. The van der Waals surface area contributed by atoms with E-state index in [0.717, 1.165) is 25.9 Å². The van der Waals surface area contributed by atoms with Crippen LogP contribution >= 0.6 is 0 Å². The minimum atomic E-state index is -0.433. The number of halogens is 1. The Hall–Kier alpha value is -3.19. The summed E-state index contributed by atoms with van der Waals surface area (Å²) in [5, 5.41) is 2.96. The zero-order valence-electron chi connectivity index (χ0n) is 19.6. The van der Waals surface area contributed by atoms with Crippen LogP contribution in [0.5, 0.6) is 5.75 Å². The number of likely N-dealkylation sites (tertiary alicyclic amines) is 1. The van der Waals surface area contributed by atoms with Crippen LogP contribution in [0.15, 0.2) is 54.3 Å². The van der Waals surface area contributed by atoms with Gasteiger partial charge in [0.15, 0.2) is 11.5 Å². The minimum Gasteiger partial charge on any atom is -0.449 e. The van der Waals surface area contributed by atoms with E-state index in [2.05, 4.69) is 17.1 Å². The van der Waals surface area contributed by atoms with Crippen molar-refractivity contribution in [1.29, 1.82) is 0 Å². The quantitative estimate of drug-likeness (QED) is 0.465. The van der Waals surface area contributed by atoms with E-state index in [4.69, 9.17) is 4.74 Å². The number of benzene rings is 2. The fourth-order valence-corrected chi connectivity index (χ4v) is 4.69. The number of ether oxygens (including phenoxy) is 1. The second-order valence-electron chi connectivity index (χ2n) is 8.82. The number of carbonyl (C=O) groups excluding carboxylic acids is 2. The summed E-state index contributed by atoms with van der Waals surface area (Å²) in [6.07, 6.45) is 7.34. The average molecular weight is 466 g/mol. The number of hydrogen-bond donors (Lipinski definition) is 1. The first-order valence-electron chi connectivity index (χ1n) is 12.1. The SMILES string of the molecule is CC[C@H]1CCCCN1CCCNC(=O)CN1C(=O)/C(=C\c2cccc(F)c2)Oc2ccccc21. The zero-order chi connectivity index (χ0) is 23.9. The van der Waals surface area contributed by atoms with Crippen LogP contribution in [-0.2, 0) is 9.59 Å². The van der Waals surface area contributed by atoms with Crippen molar-refractivity contribution in [2.24, 2.45) is 0 Å². The van der Waals surface area contributed by atoms with Crippen molar-refractivity contribution in [3.8, 4) is 5.75 Å². The van der Waals surface area contributed by atoms with Gasteiger partial charge in [-0.1, -0.05) is 37.6 Å². The topological polar surface area (TPSA) is 61.9 Å². The molecule has 0 aromatic heterocycles. The number of para-hydroxylation sites is 2. The van der Waals surface area contributed by atoms with Gasteiger partial charge in [0, 0.05) is 19.1 Å². The highest BCUT2D eigenvalue weighted by Crippen LogP contribution is 2.35. The number of amides is 2. The number of anilines is 1. The largest absolute Gasteiger partial charge is 0.449 e. The molecule has 0 unspecified atom stereocenters. The molecular formula is C27H32FN3O3. The summed E-state index contributed by atoms with van der Waals surface area (Å²) in [5.41, 5.74) is 1.05.